The van der Waals surface area contributed by atoms with Crippen LogP contribution in [0.4, 0.5) is 10.8 Å². The fourth-order valence-corrected chi connectivity index (χ4v) is 3.26. The van der Waals surface area contributed by atoms with Gasteiger partial charge in [-0.1, -0.05) is 34.1 Å². The molecule has 0 saturated heterocycles. The number of hydrogen-bond acceptors (Lipinski definition) is 3. The van der Waals surface area contributed by atoms with Crippen molar-refractivity contribution in [1.29, 1.82) is 0 Å². The highest BCUT2D eigenvalue weighted by Gasteiger charge is 2.05. The first kappa shape index (κ1) is 14.3. The lowest BCUT2D eigenvalue weighted by molar-refractivity contribution is 1.35. The van der Waals surface area contributed by atoms with Crippen LogP contribution in [0.5, 0.6) is 0 Å². The third-order valence-electron chi connectivity index (χ3n) is 3.12. The van der Waals surface area contributed by atoms with Crippen molar-refractivity contribution in [3.63, 3.8) is 0 Å². The van der Waals surface area contributed by atoms with Gasteiger partial charge in [-0.3, -0.25) is 0 Å². The zero-order valence-corrected chi connectivity index (χ0v) is 14.3. The first-order valence-electron chi connectivity index (χ1n) is 6.67. The Kier molecular flexibility index (Phi) is 4.08. The Balaban J connectivity index is 1.83. The maximum absolute atomic E-state index is 4.66. The maximum Gasteiger partial charge on any atom is 0.187 e. The second kappa shape index (κ2) is 6.00. The van der Waals surface area contributed by atoms with Crippen molar-refractivity contribution in [1.82, 2.24) is 4.98 Å². The van der Waals surface area contributed by atoms with Crippen LogP contribution in [0.3, 0.4) is 0 Å². The summed E-state index contributed by atoms with van der Waals surface area (Å²) in [6.45, 7) is 4.21. The molecule has 4 heteroatoms. The Morgan fingerprint density at radius 3 is 2.33 bits per heavy atom. The monoisotopic (exact) mass is 358 g/mol. The lowest BCUT2D eigenvalue weighted by atomic mass is 10.1. The van der Waals surface area contributed by atoms with Crippen LogP contribution in [0.2, 0.25) is 0 Å². The second-order valence-corrected chi connectivity index (χ2v) is 6.82. The molecule has 0 amide bonds. The average Bonchev–Trinajstić information content (AvgIpc) is 2.87. The van der Waals surface area contributed by atoms with Gasteiger partial charge in [0.25, 0.3) is 0 Å². The average molecular weight is 359 g/mol. The van der Waals surface area contributed by atoms with E-state index in [9.17, 15) is 0 Å². The molecule has 0 spiro atoms. The van der Waals surface area contributed by atoms with Crippen LogP contribution in [0.15, 0.2) is 52.3 Å². The molecule has 3 aromatic rings. The van der Waals surface area contributed by atoms with Gasteiger partial charge in [-0.15, -0.1) is 11.3 Å². The summed E-state index contributed by atoms with van der Waals surface area (Å²) in [4.78, 5) is 4.66. The van der Waals surface area contributed by atoms with Gasteiger partial charge in [0.1, 0.15) is 0 Å². The van der Waals surface area contributed by atoms with Crippen molar-refractivity contribution in [2.24, 2.45) is 0 Å². The Morgan fingerprint density at radius 1 is 1.00 bits per heavy atom. The van der Waals surface area contributed by atoms with Gasteiger partial charge in [-0.05, 0) is 49.2 Å². The number of aromatic nitrogens is 1. The molecule has 0 saturated carbocycles. The van der Waals surface area contributed by atoms with Gasteiger partial charge in [-0.25, -0.2) is 4.98 Å². The third kappa shape index (κ3) is 3.52. The number of anilines is 2. The maximum atomic E-state index is 4.66. The molecule has 3 rings (SSSR count). The van der Waals surface area contributed by atoms with E-state index in [0.717, 1.165) is 26.5 Å². The smallest absolute Gasteiger partial charge is 0.187 e. The van der Waals surface area contributed by atoms with Crippen LogP contribution in [-0.4, -0.2) is 4.98 Å². The number of benzene rings is 2. The summed E-state index contributed by atoms with van der Waals surface area (Å²) in [5, 5.41) is 6.38. The second-order valence-electron chi connectivity index (χ2n) is 5.05. The highest BCUT2D eigenvalue weighted by Crippen LogP contribution is 2.28. The Hall–Kier alpha value is -1.65. The van der Waals surface area contributed by atoms with Gasteiger partial charge in [0.05, 0.1) is 5.69 Å². The lowest BCUT2D eigenvalue weighted by Gasteiger charge is -2.05. The summed E-state index contributed by atoms with van der Waals surface area (Å²) >= 11 is 5.07. The number of rotatable bonds is 3. The molecule has 0 aliphatic rings. The van der Waals surface area contributed by atoms with Crippen LogP contribution in [0.1, 0.15) is 11.1 Å². The van der Waals surface area contributed by atoms with Crippen molar-refractivity contribution in [3.8, 4) is 11.3 Å². The van der Waals surface area contributed by atoms with E-state index in [0.29, 0.717) is 0 Å². The normalized spacial score (nSPS) is 10.6. The molecule has 0 radical (unpaired) electrons. The van der Waals surface area contributed by atoms with E-state index in [-0.39, 0.29) is 0 Å². The van der Waals surface area contributed by atoms with Crippen molar-refractivity contribution >= 4 is 38.1 Å². The van der Waals surface area contributed by atoms with Gasteiger partial charge in [0.2, 0.25) is 0 Å². The number of hydrogen-bond donors (Lipinski definition) is 1. The molecule has 0 unspecified atom stereocenters. The van der Waals surface area contributed by atoms with E-state index in [1.54, 1.807) is 11.3 Å². The number of nitrogens with one attached hydrogen (secondary N) is 1. The standard InChI is InChI=1S/C17H15BrN2S/c1-11-7-12(2)9-15(8-11)19-17-20-16(10-21-17)13-3-5-14(18)6-4-13/h3-10H,1-2H3,(H,19,20). The fraction of sp³-hybridized carbons (Fsp3) is 0.118. The molecular weight excluding hydrogens is 344 g/mol. The van der Waals surface area contributed by atoms with Crippen molar-refractivity contribution in [3.05, 3.63) is 63.4 Å². The molecular formula is C17H15BrN2S. The molecule has 0 aliphatic carbocycles. The van der Waals surface area contributed by atoms with E-state index in [4.69, 9.17) is 0 Å². The van der Waals surface area contributed by atoms with Crippen molar-refractivity contribution < 1.29 is 0 Å². The van der Waals surface area contributed by atoms with Crippen LogP contribution in [0.25, 0.3) is 11.3 Å². The molecule has 0 bridgehead atoms. The van der Waals surface area contributed by atoms with Gasteiger partial charge in [0, 0.05) is 21.1 Å². The summed E-state index contributed by atoms with van der Waals surface area (Å²) < 4.78 is 1.08. The minimum atomic E-state index is 0.915. The van der Waals surface area contributed by atoms with Gasteiger partial charge in [-0.2, -0.15) is 0 Å². The zero-order chi connectivity index (χ0) is 14.8. The number of nitrogens with zero attached hydrogens (tertiary/aromatic N) is 1. The molecule has 2 nitrogen and oxygen atoms in total. The molecule has 106 valence electrons. The summed E-state index contributed by atoms with van der Waals surface area (Å²) in [7, 11) is 0. The SMILES string of the molecule is Cc1cc(C)cc(Nc2nc(-c3ccc(Br)cc3)cs2)c1. The minimum Gasteiger partial charge on any atom is -0.332 e. The lowest BCUT2D eigenvalue weighted by Crippen LogP contribution is -1.91. The molecule has 1 N–H and O–H groups in total. The van der Waals surface area contributed by atoms with E-state index < -0.39 is 0 Å². The molecule has 1 aromatic heterocycles. The van der Waals surface area contributed by atoms with Crippen LogP contribution in [0, 0.1) is 13.8 Å². The largest absolute Gasteiger partial charge is 0.332 e. The van der Waals surface area contributed by atoms with Crippen molar-refractivity contribution in [2.45, 2.75) is 13.8 Å². The third-order valence-corrected chi connectivity index (χ3v) is 4.40. The summed E-state index contributed by atoms with van der Waals surface area (Å²) in [6, 6.07) is 14.6. The number of halogens is 1. The van der Waals surface area contributed by atoms with Gasteiger partial charge < -0.3 is 5.32 Å². The summed E-state index contributed by atoms with van der Waals surface area (Å²) in [6.07, 6.45) is 0. The predicted molar refractivity (Wildman–Crippen MR) is 94.4 cm³/mol. The van der Waals surface area contributed by atoms with Crippen LogP contribution in [-0.2, 0) is 0 Å². The quantitative estimate of drug-likeness (QED) is 0.627. The molecule has 0 fully saturated rings. The Bertz CT molecular complexity index is 742. The highest BCUT2D eigenvalue weighted by atomic mass is 79.9. The minimum absolute atomic E-state index is 0.915. The van der Waals surface area contributed by atoms with Gasteiger partial charge in [0.15, 0.2) is 5.13 Å². The van der Waals surface area contributed by atoms with E-state index in [1.807, 2.05) is 12.1 Å². The fourth-order valence-electron chi connectivity index (χ4n) is 2.25. The predicted octanol–water partition coefficient (Wildman–Crippen LogP) is 5.93. The van der Waals surface area contributed by atoms with E-state index >= 15 is 0 Å². The number of thiazole rings is 1. The molecule has 1 heterocycles. The van der Waals surface area contributed by atoms with E-state index in [1.165, 1.54) is 11.1 Å². The van der Waals surface area contributed by atoms with Crippen LogP contribution < -0.4 is 5.32 Å². The first-order valence-corrected chi connectivity index (χ1v) is 8.34. The molecule has 0 aliphatic heterocycles. The highest BCUT2D eigenvalue weighted by molar-refractivity contribution is 9.10. The van der Waals surface area contributed by atoms with Crippen LogP contribution >= 0.6 is 27.3 Å². The molecule has 21 heavy (non-hydrogen) atoms. The Labute approximate surface area is 137 Å². The topological polar surface area (TPSA) is 24.9 Å². The van der Waals surface area contributed by atoms with Crippen molar-refractivity contribution in [2.75, 3.05) is 5.32 Å². The first-order chi connectivity index (χ1) is 10.1. The summed E-state index contributed by atoms with van der Waals surface area (Å²) in [5.74, 6) is 0. The van der Waals surface area contributed by atoms with Gasteiger partial charge >= 0.3 is 0 Å². The molecule has 0 atom stereocenters. The zero-order valence-electron chi connectivity index (χ0n) is 11.9. The molecule has 2 aromatic carbocycles. The Morgan fingerprint density at radius 2 is 1.67 bits per heavy atom. The number of aryl methyl sites for hydroxylation is 2. The summed E-state index contributed by atoms with van der Waals surface area (Å²) in [5.41, 5.74) is 5.72. The van der Waals surface area contributed by atoms with E-state index in [2.05, 4.69) is 75.8 Å².